The van der Waals surface area contributed by atoms with Crippen molar-refractivity contribution in [2.75, 3.05) is 38.3 Å². The molecule has 1 saturated heterocycles. The molecule has 1 fully saturated rings. The van der Waals surface area contributed by atoms with Gasteiger partial charge in [0.25, 0.3) is 0 Å². The van der Waals surface area contributed by atoms with Crippen LogP contribution in [0.2, 0.25) is 0 Å². The SMILES string of the molecule is COC(=O)c1ccc(N2CCN(C(=O)OC(C)(C)C)C(CCO)C2)cn1. The van der Waals surface area contributed by atoms with E-state index in [1.807, 2.05) is 20.8 Å². The molecule has 1 aromatic rings. The van der Waals surface area contributed by atoms with Crippen LogP contribution in [0, 0.1) is 0 Å². The Kier molecular flexibility index (Phi) is 6.42. The van der Waals surface area contributed by atoms with E-state index in [0.717, 1.165) is 5.69 Å². The van der Waals surface area contributed by atoms with Crippen LogP contribution >= 0.6 is 0 Å². The Bertz CT molecular complexity index is 627. The van der Waals surface area contributed by atoms with Crippen molar-refractivity contribution in [3.05, 3.63) is 24.0 Å². The lowest BCUT2D eigenvalue weighted by Crippen LogP contribution is -2.56. The van der Waals surface area contributed by atoms with E-state index >= 15 is 0 Å². The van der Waals surface area contributed by atoms with E-state index in [1.54, 1.807) is 23.2 Å². The molecule has 0 saturated carbocycles. The zero-order valence-corrected chi connectivity index (χ0v) is 15.8. The highest BCUT2D eigenvalue weighted by molar-refractivity contribution is 5.87. The van der Waals surface area contributed by atoms with Crippen LogP contribution in [-0.2, 0) is 9.47 Å². The fourth-order valence-corrected chi connectivity index (χ4v) is 2.85. The van der Waals surface area contributed by atoms with Crippen molar-refractivity contribution >= 4 is 17.7 Å². The van der Waals surface area contributed by atoms with Gasteiger partial charge in [-0.25, -0.2) is 14.6 Å². The lowest BCUT2D eigenvalue weighted by Gasteiger charge is -2.42. The number of aliphatic hydroxyl groups excluding tert-OH is 1. The molecule has 0 aromatic carbocycles. The van der Waals surface area contributed by atoms with Crippen LogP contribution in [-0.4, -0.2) is 72.0 Å². The Labute approximate surface area is 153 Å². The first kappa shape index (κ1) is 20.0. The van der Waals surface area contributed by atoms with Crippen molar-refractivity contribution in [1.29, 1.82) is 0 Å². The molecule has 8 heteroatoms. The highest BCUT2D eigenvalue weighted by atomic mass is 16.6. The van der Waals surface area contributed by atoms with Gasteiger partial charge in [0.1, 0.15) is 11.3 Å². The summed E-state index contributed by atoms with van der Waals surface area (Å²) in [4.78, 5) is 31.8. The molecule has 0 spiro atoms. The van der Waals surface area contributed by atoms with Crippen molar-refractivity contribution in [1.82, 2.24) is 9.88 Å². The average Bonchev–Trinajstić information content (AvgIpc) is 2.60. The number of anilines is 1. The fourth-order valence-electron chi connectivity index (χ4n) is 2.85. The molecular weight excluding hydrogens is 338 g/mol. The van der Waals surface area contributed by atoms with Crippen LogP contribution < -0.4 is 4.90 Å². The predicted octanol–water partition coefficient (Wildman–Crippen LogP) is 1.68. The van der Waals surface area contributed by atoms with E-state index in [4.69, 9.17) is 4.74 Å². The van der Waals surface area contributed by atoms with Gasteiger partial charge in [-0.05, 0) is 39.3 Å². The number of pyridine rings is 1. The maximum atomic E-state index is 12.4. The molecule has 2 heterocycles. The Morgan fingerprint density at radius 2 is 2.04 bits per heavy atom. The molecule has 8 nitrogen and oxygen atoms in total. The molecule has 1 aromatic heterocycles. The van der Waals surface area contributed by atoms with Crippen LogP contribution in [0.1, 0.15) is 37.7 Å². The van der Waals surface area contributed by atoms with Gasteiger partial charge in [-0.3, -0.25) is 0 Å². The standard InChI is InChI=1S/C18H27N3O5/c1-18(2,3)26-17(24)21-9-8-20(12-14(21)7-10-22)13-5-6-15(19-11-13)16(23)25-4/h5-6,11,14,22H,7-10,12H2,1-4H3. The number of aromatic nitrogens is 1. The monoisotopic (exact) mass is 365 g/mol. The Hall–Kier alpha value is -2.35. The van der Waals surface area contributed by atoms with Gasteiger partial charge in [0.15, 0.2) is 0 Å². The van der Waals surface area contributed by atoms with E-state index in [0.29, 0.717) is 26.1 Å². The number of carbonyl (C=O) groups is 2. The smallest absolute Gasteiger partial charge is 0.410 e. The van der Waals surface area contributed by atoms with Crippen LogP contribution in [0.15, 0.2) is 18.3 Å². The molecule has 1 unspecified atom stereocenters. The number of ether oxygens (including phenoxy) is 2. The number of hydrogen-bond donors (Lipinski definition) is 1. The first-order chi connectivity index (χ1) is 12.2. The zero-order valence-electron chi connectivity index (χ0n) is 15.8. The van der Waals surface area contributed by atoms with Crippen LogP contribution in [0.4, 0.5) is 10.5 Å². The average molecular weight is 365 g/mol. The van der Waals surface area contributed by atoms with Gasteiger partial charge < -0.3 is 24.4 Å². The van der Waals surface area contributed by atoms with Gasteiger partial charge in [-0.15, -0.1) is 0 Å². The van der Waals surface area contributed by atoms with Crippen molar-refractivity contribution in [3.8, 4) is 0 Å². The van der Waals surface area contributed by atoms with E-state index in [-0.39, 0.29) is 24.4 Å². The van der Waals surface area contributed by atoms with E-state index in [9.17, 15) is 14.7 Å². The summed E-state index contributed by atoms with van der Waals surface area (Å²) in [5.41, 5.74) is 0.533. The number of methoxy groups -OCH3 is 1. The third-order valence-corrected chi connectivity index (χ3v) is 4.08. The molecule has 0 aliphatic carbocycles. The minimum absolute atomic E-state index is 0.0165. The molecule has 1 aliphatic rings. The number of nitrogens with zero attached hydrogens (tertiary/aromatic N) is 3. The Morgan fingerprint density at radius 3 is 2.58 bits per heavy atom. The molecule has 0 bridgehead atoms. The Balaban J connectivity index is 2.09. The summed E-state index contributed by atoms with van der Waals surface area (Å²) in [6, 6.07) is 3.25. The molecule has 144 valence electrons. The van der Waals surface area contributed by atoms with E-state index in [2.05, 4.69) is 14.6 Å². The number of aliphatic hydroxyl groups is 1. The maximum Gasteiger partial charge on any atom is 0.410 e. The minimum Gasteiger partial charge on any atom is -0.464 e. The first-order valence-electron chi connectivity index (χ1n) is 8.65. The quantitative estimate of drug-likeness (QED) is 0.812. The summed E-state index contributed by atoms with van der Waals surface area (Å²) >= 11 is 0. The molecular formula is C18H27N3O5. The van der Waals surface area contributed by atoms with Crippen LogP contribution in [0.25, 0.3) is 0 Å². The molecule has 1 atom stereocenters. The lowest BCUT2D eigenvalue weighted by molar-refractivity contribution is 0.0116. The molecule has 2 rings (SSSR count). The summed E-state index contributed by atoms with van der Waals surface area (Å²) in [6.07, 6.45) is 1.71. The van der Waals surface area contributed by atoms with Crippen molar-refractivity contribution < 1.29 is 24.2 Å². The van der Waals surface area contributed by atoms with Crippen molar-refractivity contribution in [2.24, 2.45) is 0 Å². The summed E-state index contributed by atoms with van der Waals surface area (Å²) in [6.45, 7) is 7.12. The highest BCUT2D eigenvalue weighted by Crippen LogP contribution is 2.22. The number of carbonyl (C=O) groups excluding carboxylic acids is 2. The van der Waals surface area contributed by atoms with Gasteiger partial charge in [0, 0.05) is 26.2 Å². The number of amides is 1. The second-order valence-corrected chi connectivity index (χ2v) is 7.18. The minimum atomic E-state index is -0.564. The normalized spacial score (nSPS) is 17.8. The van der Waals surface area contributed by atoms with Crippen LogP contribution in [0.3, 0.4) is 0 Å². The van der Waals surface area contributed by atoms with Gasteiger partial charge in [-0.1, -0.05) is 0 Å². The second-order valence-electron chi connectivity index (χ2n) is 7.18. The maximum absolute atomic E-state index is 12.4. The third kappa shape index (κ3) is 5.08. The number of hydrogen-bond acceptors (Lipinski definition) is 7. The Morgan fingerprint density at radius 1 is 1.31 bits per heavy atom. The summed E-state index contributed by atoms with van der Waals surface area (Å²) in [5, 5.41) is 9.37. The first-order valence-corrected chi connectivity index (χ1v) is 8.65. The van der Waals surface area contributed by atoms with E-state index in [1.165, 1.54) is 7.11 Å². The number of esters is 1. The van der Waals surface area contributed by atoms with Gasteiger partial charge in [0.05, 0.1) is 25.0 Å². The third-order valence-electron chi connectivity index (χ3n) is 4.08. The van der Waals surface area contributed by atoms with Gasteiger partial charge >= 0.3 is 12.1 Å². The van der Waals surface area contributed by atoms with Gasteiger partial charge in [0.2, 0.25) is 0 Å². The van der Waals surface area contributed by atoms with E-state index < -0.39 is 11.6 Å². The largest absolute Gasteiger partial charge is 0.464 e. The summed E-state index contributed by atoms with van der Waals surface area (Å²) in [7, 11) is 1.31. The lowest BCUT2D eigenvalue weighted by atomic mass is 10.1. The zero-order chi connectivity index (χ0) is 19.3. The summed E-state index contributed by atoms with van der Waals surface area (Å²) < 4.78 is 10.1. The fraction of sp³-hybridized carbons (Fsp3) is 0.611. The van der Waals surface area contributed by atoms with Crippen LogP contribution in [0.5, 0.6) is 0 Å². The molecule has 1 amide bonds. The predicted molar refractivity (Wildman–Crippen MR) is 96.2 cm³/mol. The van der Waals surface area contributed by atoms with Crippen molar-refractivity contribution in [3.63, 3.8) is 0 Å². The van der Waals surface area contributed by atoms with Crippen molar-refractivity contribution in [2.45, 2.75) is 38.8 Å². The van der Waals surface area contributed by atoms with Gasteiger partial charge in [-0.2, -0.15) is 0 Å². The number of piperazine rings is 1. The number of rotatable bonds is 4. The topological polar surface area (TPSA) is 92.2 Å². The molecule has 1 N–H and O–H groups in total. The molecule has 26 heavy (non-hydrogen) atoms. The highest BCUT2D eigenvalue weighted by Gasteiger charge is 2.33. The summed E-state index contributed by atoms with van der Waals surface area (Å²) in [5.74, 6) is -0.482. The molecule has 1 aliphatic heterocycles. The molecule has 0 radical (unpaired) electrons. The second kappa shape index (κ2) is 8.35.